The molecule has 0 aliphatic carbocycles. The third kappa shape index (κ3) is 3.56. The number of carbonyl (C=O) groups is 1. The number of rotatable bonds is 3. The fourth-order valence-corrected chi connectivity index (χ4v) is 5.51. The Morgan fingerprint density at radius 1 is 0.774 bits per heavy atom. The second-order valence-corrected chi connectivity index (χ2v) is 9.52. The minimum Gasteiger partial charge on any atom is -0.336 e. The van der Waals surface area contributed by atoms with Crippen LogP contribution >= 0.6 is 0 Å². The summed E-state index contributed by atoms with van der Waals surface area (Å²) < 4.78 is 27.8. The van der Waals surface area contributed by atoms with Gasteiger partial charge in [-0.15, -0.1) is 0 Å². The zero-order valence-corrected chi connectivity index (χ0v) is 17.6. The van der Waals surface area contributed by atoms with Gasteiger partial charge in [-0.05, 0) is 35.0 Å². The van der Waals surface area contributed by atoms with Gasteiger partial charge in [-0.1, -0.05) is 48.5 Å². The van der Waals surface area contributed by atoms with Crippen LogP contribution < -0.4 is 0 Å². The molecule has 1 fully saturated rings. The van der Waals surface area contributed by atoms with Crippen LogP contribution in [0.5, 0.6) is 0 Å². The minimum atomic E-state index is -3.62. The van der Waals surface area contributed by atoms with Crippen molar-refractivity contribution in [2.45, 2.75) is 4.90 Å². The Morgan fingerprint density at radius 2 is 1.48 bits per heavy atom. The van der Waals surface area contributed by atoms with E-state index in [1.165, 1.54) is 4.31 Å². The lowest BCUT2D eigenvalue weighted by Crippen LogP contribution is -2.50. The van der Waals surface area contributed by atoms with E-state index in [1.54, 1.807) is 29.3 Å². The molecule has 4 aromatic rings. The van der Waals surface area contributed by atoms with E-state index < -0.39 is 10.0 Å². The average molecular weight is 432 g/mol. The van der Waals surface area contributed by atoms with Crippen LogP contribution in [0.4, 0.5) is 0 Å². The summed E-state index contributed by atoms with van der Waals surface area (Å²) >= 11 is 0. The number of carbonyl (C=O) groups excluding carboxylic acids is 1. The molecule has 31 heavy (non-hydrogen) atoms. The number of fused-ring (bicyclic) bond motifs is 2. The van der Waals surface area contributed by atoms with Gasteiger partial charge in [0.1, 0.15) is 0 Å². The van der Waals surface area contributed by atoms with E-state index in [-0.39, 0.29) is 23.9 Å². The maximum Gasteiger partial charge on any atom is 0.256 e. The molecule has 5 rings (SSSR count). The van der Waals surface area contributed by atoms with Gasteiger partial charge >= 0.3 is 0 Å². The van der Waals surface area contributed by atoms with Gasteiger partial charge in [-0.3, -0.25) is 9.78 Å². The Morgan fingerprint density at radius 3 is 2.29 bits per heavy atom. The largest absolute Gasteiger partial charge is 0.336 e. The molecule has 0 spiro atoms. The number of para-hydroxylation sites is 1. The summed E-state index contributed by atoms with van der Waals surface area (Å²) in [4.78, 5) is 19.5. The molecule has 1 saturated heterocycles. The molecule has 0 N–H and O–H groups in total. The van der Waals surface area contributed by atoms with Crippen molar-refractivity contribution in [1.82, 2.24) is 14.2 Å². The maximum absolute atomic E-state index is 13.2. The topological polar surface area (TPSA) is 70.6 Å². The number of sulfonamides is 1. The monoisotopic (exact) mass is 431 g/mol. The SMILES string of the molecule is O=C(c1cccc2cccnc12)N1CCN(S(=O)(=O)c2ccc3ccccc3c2)CC1. The Labute approximate surface area is 180 Å². The van der Waals surface area contributed by atoms with E-state index in [0.717, 1.165) is 16.2 Å². The molecule has 7 heteroatoms. The van der Waals surface area contributed by atoms with Gasteiger partial charge in [0, 0.05) is 37.8 Å². The first-order valence-corrected chi connectivity index (χ1v) is 11.6. The van der Waals surface area contributed by atoms with Crippen molar-refractivity contribution in [1.29, 1.82) is 0 Å². The lowest BCUT2D eigenvalue weighted by Gasteiger charge is -2.34. The standard InChI is InChI=1S/C24H21N3O3S/c28-24(22-9-3-7-19-8-4-12-25-23(19)22)26-13-15-27(16-14-26)31(29,30)21-11-10-18-5-1-2-6-20(18)17-21/h1-12,17H,13-16H2. The molecule has 156 valence electrons. The van der Waals surface area contributed by atoms with Crippen molar-refractivity contribution in [2.24, 2.45) is 0 Å². The third-order valence-corrected chi connectivity index (χ3v) is 7.64. The van der Waals surface area contributed by atoms with Crippen LogP contribution in [-0.2, 0) is 10.0 Å². The van der Waals surface area contributed by atoms with Gasteiger partial charge in [0.2, 0.25) is 10.0 Å². The summed E-state index contributed by atoms with van der Waals surface area (Å²) in [6, 6.07) is 22.2. The van der Waals surface area contributed by atoms with Gasteiger partial charge in [-0.2, -0.15) is 4.31 Å². The number of hydrogen-bond donors (Lipinski definition) is 0. The molecular formula is C24H21N3O3S. The van der Waals surface area contributed by atoms with E-state index in [4.69, 9.17) is 0 Å². The van der Waals surface area contributed by atoms with E-state index in [1.807, 2.05) is 54.6 Å². The van der Waals surface area contributed by atoms with Crippen LogP contribution in [0.2, 0.25) is 0 Å². The molecule has 2 heterocycles. The molecule has 1 amide bonds. The first-order chi connectivity index (χ1) is 15.0. The third-order valence-electron chi connectivity index (χ3n) is 5.75. The van der Waals surface area contributed by atoms with Crippen LogP contribution in [0, 0.1) is 0 Å². The number of amides is 1. The molecule has 1 aliphatic rings. The van der Waals surface area contributed by atoms with E-state index in [0.29, 0.717) is 24.2 Å². The minimum absolute atomic E-state index is 0.118. The number of benzene rings is 3. The fourth-order valence-electron chi connectivity index (χ4n) is 4.06. The van der Waals surface area contributed by atoms with Crippen molar-refractivity contribution in [3.63, 3.8) is 0 Å². The van der Waals surface area contributed by atoms with Crippen molar-refractivity contribution in [3.8, 4) is 0 Å². The van der Waals surface area contributed by atoms with Gasteiger partial charge < -0.3 is 4.90 Å². The van der Waals surface area contributed by atoms with Gasteiger partial charge in [0.05, 0.1) is 16.0 Å². The normalized spacial score (nSPS) is 15.4. The molecule has 0 radical (unpaired) electrons. The van der Waals surface area contributed by atoms with Crippen molar-refractivity contribution < 1.29 is 13.2 Å². The number of aromatic nitrogens is 1. The van der Waals surface area contributed by atoms with Gasteiger partial charge in [0.25, 0.3) is 5.91 Å². The highest BCUT2D eigenvalue weighted by atomic mass is 32.2. The Bertz CT molecular complexity index is 1390. The summed E-state index contributed by atoms with van der Waals surface area (Å²) in [5, 5.41) is 2.80. The summed E-state index contributed by atoms with van der Waals surface area (Å²) in [5.74, 6) is -0.118. The highest BCUT2D eigenvalue weighted by Crippen LogP contribution is 2.24. The molecule has 3 aromatic carbocycles. The zero-order valence-electron chi connectivity index (χ0n) is 16.8. The van der Waals surface area contributed by atoms with Crippen molar-refractivity contribution in [2.75, 3.05) is 26.2 Å². The number of nitrogens with zero attached hydrogens (tertiary/aromatic N) is 3. The molecule has 0 bridgehead atoms. The van der Waals surface area contributed by atoms with Crippen LogP contribution in [-0.4, -0.2) is 54.7 Å². The molecule has 6 nitrogen and oxygen atoms in total. The predicted molar refractivity (Wildman–Crippen MR) is 120 cm³/mol. The van der Waals surface area contributed by atoms with Crippen LogP contribution in [0.3, 0.4) is 0 Å². The van der Waals surface area contributed by atoms with Gasteiger partial charge in [0.15, 0.2) is 0 Å². The van der Waals surface area contributed by atoms with Crippen LogP contribution in [0.1, 0.15) is 10.4 Å². The number of pyridine rings is 1. The Balaban J connectivity index is 1.35. The van der Waals surface area contributed by atoms with E-state index in [2.05, 4.69) is 4.98 Å². The first-order valence-electron chi connectivity index (χ1n) is 10.2. The van der Waals surface area contributed by atoms with E-state index >= 15 is 0 Å². The molecule has 0 unspecified atom stereocenters. The lowest BCUT2D eigenvalue weighted by atomic mass is 10.1. The second-order valence-electron chi connectivity index (χ2n) is 7.59. The van der Waals surface area contributed by atoms with Crippen molar-refractivity contribution in [3.05, 3.63) is 84.6 Å². The lowest BCUT2D eigenvalue weighted by molar-refractivity contribution is 0.0699. The quantitative estimate of drug-likeness (QED) is 0.498. The summed E-state index contributed by atoms with van der Waals surface area (Å²) in [5.41, 5.74) is 1.21. The molecule has 0 atom stereocenters. The average Bonchev–Trinajstić information content (AvgIpc) is 2.83. The molecule has 1 aromatic heterocycles. The number of hydrogen-bond acceptors (Lipinski definition) is 4. The molecular weight excluding hydrogens is 410 g/mol. The van der Waals surface area contributed by atoms with Crippen molar-refractivity contribution >= 4 is 37.6 Å². The summed E-state index contributed by atoms with van der Waals surface area (Å²) in [7, 11) is -3.62. The Kier molecular flexibility index (Phi) is 4.92. The first kappa shape index (κ1) is 19.7. The highest BCUT2D eigenvalue weighted by molar-refractivity contribution is 7.89. The maximum atomic E-state index is 13.2. The predicted octanol–water partition coefficient (Wildman–Crippen LogP) is 3.53. The van der Waals surface area contributed by atoms with Gasteiger partial charge in [-0.25, -0.2) is 8.42 Å². The highest BCUT2D eigenvalue weighted by Gasteiger charge is 2.31. The van der Waals surface area contributed by atoms with Crippen LogP contribution in [0.15, 0.2) is 83.9 Å². The number of piperazine rings is 1. The Hall–Kier alpha value is -3.29. The smallest absolute Gasteiger partial charge is 0.256 e. The van der Waals surface area contributed by atoms with E-state index in [9.17, 15) is 13.2 Å². The fraction of sp³-hybridized carbons (Fsp3) is 0.167. The zero-order chi connectivity index (χ0) is 21.4. The summed E-state index contributed by atoms with van der Waals surface area (Å²) in [6.07, 6.45) is 1.67. The van der Waals surface area contributed by atoms with Crippen LogP contribution in [0.25, 0.3) is 21.7 Å². The second kappa shape index (κ2) is 7.76. The molecule has 1 aliphatic heterocycles. The summed E-state index contributed by atoms with van der Waals surface area (Å²) in [6.45, 7) is 1.21. The molecule has 0 saturated carbocycles.